The van der Waals surface area contributed by atoms with Crippen molar-refractivity contribution >= 4 is 27.5 Å². The molecule has 2 aromatic heterocycles. The zero-order valence-corrected chi connectivity index (χ0v) is 17.8. The molecule has 8 heteroatoms. The number of nitrogens with zero attached hydrogens (tertiary/aromatic N) is 3. The van der Waals surface area contributed by atoms with Crippen molar-refractivity contribution in [3.8, 4) is 11.5 Å². The quantitative estimate of drug-likeness (QED) is 0.643. The fourth-order valence-electron chi connectivity index (χ4n) is 3.86. The van der Waals surface area contributed by atoms with E-state index in [2.05, 4.69) is 4.98 Å². The maximum atomic E-state index is 13.2. The minimum Gasteiger partial charge on any atom is -0.493 e. The Bertz CT molecular complexity index is 1160. The summed E-state index contributed by atoms with van der Waals surface area (Å²) in [5.74, 6) is 1.91. The molecule has 0 aliphatic carbocycles. The number of rotatable bonds is 5. The van der Waals surface area contributed by atoms with Gasteiger partial charge in [0.25, 0.3) is 11.5 Å². The van der Waals surface area contributed by atoms with Crippen molar-refractivity contribution in [2.24, 2.45) is 0 Å². The summed E-state index contributed by atoms with van der Waals surface area (Å²) >= 11 is 1.30. The number of hydrogen-bond acceptors (Lipinski definition) is 6. The van der Waals surface area contributed by atoms with Crippen LogP contribution in [0, 0.1) is 6.92 Å². The van der Waals surface area contributed by atoms with E-state index in [1.54, 1.807) is 30.7 Å². The first kappa shape index (κ1) is 19.4. The molecule has 0 fully saturated rings. The van der Waals surface area contributed by atoms with Gasteiger partial charge in [-0.1, -0.05) is 12.1 Å². The Morgan fingerprint density at radius 2 is 2.10 bits per heavy atom. The number of carbonyl (C=O) groups excluding carboxylic acids is 1. The van der Waals surface area contributed by atoms with Gasteiger partial charge >= 0.3 is 0 Å². The molecule has 3 aromatic rings. The predicted molar refractivity (Wildman–Crippen MR) is 112 cm³/mol. The molecule has 0 bridgehead atoms. The molecular formula is C21H23N3O4S. The lowest BCUT2D eigenvalue weighted by Gasteiger charge is -2.19. The van der Waals surface area contributed by atoms with Crippen molar-refractivity contribution in [3.05, 3.63) is 50.4 Å². The van der Waals surface area contributed by atoms with Crippen LogP contribution in [0.3, 0.4) is 0 Å². The number of para-hydroxylation sites is 1. The number of carbonyl (C=O) groups is 1. The van der Waals surface area contributed by atoms with Crippen LogP contribution in [-0.4, -0.2) is 41.6 Å². The van der Waals surface area contributed by atoms with Gasteiger partial charge in [-0.15, -0.1) is 11.3 Å². The number of hydrogen-bond donors (Lipinski definition) is 0. The third-order valence-corrected chi connectivity index (χ3v) is 6.52. The average molecular weight is 413 g/mol. The molecule has 3 heterocycles. The average Bonchev–Trinajstić information content (AvgIpc) is 3.32. The van der Waals surface area contributed by atoms with Crippen molar-refractivity contribution in [2.45, 2.75) is 32.9 Å². The summed E-state index contributed by atoms with van der Waals surface area (Å²) in [5.41, 5.74) is 1.52. The highest BCUT2D eigenvalue weighted by molar-refractivity contribution is 7.20. The van der Waals surface area contributed by atoms with E-state index in [9.17, 15) is 9.59 Å². The second kappa shape index (κ2) is 7.51. The highest BCUT2D eigenvalue weighted by Crippen LogP contribution is 2.33. The molecule has 1 aliphatic rings. The van der Waals surface area contributed by atoms with Gasteiger partial charge in [0.15, 0.2) is 11.5 Å². The van der Waals surface area contributed by atoms with E-state index < -0.39 is 0 Å². The minimum absolute atomic E-state index is 0.0348. The Morgan fingerprint density at radius 3 is 2.83 bits per heavy atom. The number of amides is 1. The van der Waals surface area contributed by atoms with Crippen molar-refractivity contribution in [1.82, 2.24) is 14.5 Å². The lowest BCUT2D eigenvalue weighted by atomic mass is 10.1. The third kappa shape index (κ3) is 3.17. The van der Waals surface area contributed by atoms with Crippen molar-refractivity contribution in [2.75, 3.05) is 21.3 Å². The lowest BCUT2D eigenvalue weighted by Crippen LogP contribution is -2.26. The predicted octanol–water partition coefficient (Wildman–Crippen LogP) is 3.00. The summed E-state index contributed by atoms with van der Waals surface area (Å²) in [4.78, 5) is 33.5. The first-order valence-electron chi connectivity index (χ1n) is 9.44. The van der Waals surface area contributed by atoms with Crippen LogP contribution in [0.25, 0.3) is 10.2 Å². The highest BCUT2D eigenvalue weighted by Gasteiger charge is 2.25. The van der Waals surface area contributed by atoms with Gasteiger partial charge in [-0.3, -0.25) is 14.2 Å². The van der Waals surface area contributed by atoms with Gasteiger partial charge in [0.05, 0.1) is 24.5 Å². The van der Waals surface area contributed by atoms with Crippen LogP contribution in [-0.2, 0) is 19.5 Å². The molecule has 1 amide bonds. The number of thiophene rings is 1. The van der Waals surface area contributed by atoms with Crippen molar-refractivity contribution in [1.29, 1.82) is 0 Å². The van der Waals surface area contributed by atoms with Crippen LogP contribution >= 0.6 is 11.3 Å². The van der Waals surface area contributed by atoms with Gasteiger partial charge in [0.2, 0.25) is 0 Å². The molecule has 4 rings (SSSR count). The molecule has 0 saturated heterocycles. The van der Waals surface area contributed by atoms with E-state index >= 15 is 0 Å². The molecular weight excluding hydrogens is 390 g/mol. The number of aromatic nitrogens is 2. The van der Waals surface area contributed by atoms with E-state index in [0.717, 1.165) is 24.2 Å². The molecule has 29 heavy (non-hydrogen) atoms. The van der Waals surface area contributed by atoms with Crippen molar-refractivity contribution < 1.29 is 14.3 Å². The van der Waals surface area contributed by atoms with E-state index in [1.807, 2.05) is 25.1 Å². The van der Waals surface area contributed by atoms with E-state index in [0.29, 0.717) is 45.2 Å². The summed E-state index contributed by atoms with van der Waals surface area (Å²) < 4.78 is 12.6. The Labute approximate surface area is 172 Å². The molecule has 0 radical (unpaired) electrons. The van der Waals surface area contributed by atoms with Crippen molar-refractivity contribution in [3.63, 3.8) is 0 Å². The van der Waals surface area contributed by atoms with Crippen LogP contribution < -0.4 is 15.0 Å². The van der Waals surface area contributed by atoms with Gasteiger partial charge in [0.1, 0.15) is 10.7 Å². The first-order valence-corrected chi connectivity index (χ1v) is 10.3. The standard InChI is InChI=1S/C21H23N3O4S/c1-12-16-19(22-15-9-6-10-24(15)20(16)25)29-18(12)21(26)23(2)11-13-7-5-8-14(27-3)17(13)28-4/h5,7-8H,6,9-11H2,1-4H3. The maximum Gasteiger partial charge on any atom is 0.264 e. The second-order valence-corrected chi connectivity index (χ2v) is 8.14. The summed E-state index contributed by atoms with van der Waals surface area (Å²) in [7, 11) is 4.91. The fourth-order valence-corrected chi connectivity index (χ4v) is 5.04. The number of aryl methyl sites for hydroxylation is 2. The molecule has 0 saturated carbocycles. The highest BCUT2D eigenvalue weighted by atomic mass is 32.1. The molecule has 0 spiro atoms. The van der Waals surface area contributed by atoms with Crippen LogP contribution in [0.1, 0.15) is 33.0 Å². The molecule has 152 valence electrons. The van der Waals surface area contributed by atoms with E-state index in [4.69, 9.17) is 9.47 Å². The minimum atomic E-state index is -0.139. The largest absolute Gasteiger partial charge is 0.493 e. The lowest BCUT2D eigenvalue weighted by molar-refractivity contribution is 0.0788. The number of methoxy groups -OCH3 is 2. The van der Waals surface area contributed by atoms with Gasteiger partial charge in [-0.05, 0) is 25.0 Å². The number of benzene rings is 1. The van der Waals surface area contributed by atoms with Crippen LogP contribution in [0.15, 0.2) is 23.0 Å². The second-order valence-electron chi connectivity index (χ2n) is 7.14. The Kier molecular flexibility index (Phi) is 5.04. The molecule has 1 aromatic carbocycles. The first-order chi connectivity index (χ1) is 14.0. The summed E-state index contributed by atoms with van der Waals surface area (Å²) in [6.45, 7) is 2.89. The van der Waals surface area contributed by atoms with E-state index in [1.165, 1.54) is 11.3 Å². The van der Waals surface area contributed by atoms with Gasteiger partial charge < -0.3 is 14.4 Å². The van der Waals surface area contributed by atoms with Gasteiger partial charge in [0, 0.05) is 32.1 Å². The monoisotopic (exact) mass is 413 g/mol. The molecule has 1 aliphatic heterocycles. The van der Waals surface area contributed by atoms with Crippen LogP contribution in [0.5, 0.6) is 11.5 Å². The summed E-state index contributed by atoms with van der Waals surface area (Å²) in [5, 5.41) is 0.566. The van der Waals surface area contributed by atoms with Crippen LogP contribution in [0.4, 0.5) is 0 Å². The number of ether oxygens (including phenoxy) is 2. The fraction of sp³-hybridized carbons (Fsp3) is 0.381. The number of fused-ring (bicyclic) bond motifs is 2. The summed E-state index contributed by atoms with van der Waals surface area (Å²) in [6, 6.07) is 5.59. The SMILES string of the molecule is COc1cccc(CN(C)C(=O)c2sc3nc4n(c(=O)c3c2C)CCC4)c1OC. The molecule has 0 unspecified atom stereocenters. The normalized spacial score (nSPS) is 12.8. The van der Waals surface area contributed by atoms with Crippen LogP contribution in [0.2, 0.25) is 0 Å². The topological polar surface area (TPSA) is 73.7 Å². The Morgan fingerprint density at radius 1 is 1.31 bits per heavy atom. The van der Waals surface area contributed by atoms with E-state index in [-0.39, 0.29) is 11.5 Å². The zero-order valence-electron chi connectivity index (χ0n) is 16.9. The third-order valence-electron chi connectivity index (χ3n) is 5.34. The molecule has 0 atom stereocenters. The molecule has 0 N–H and O–H groups in total. The zero-order chi connectivity index (χ0) is 20.7. The van der Waals surface area contributed by atoms with Gasteiger partial charge in [-0.2, -0.15) is 0 Å². The molecule has 7 nitrogen and oxygen atoms in total. The smallest absolute Gasteiger partial charge is 0.264 e. The Balaban J connectivity index is 1.68. The maximum absolute atomic E-state index is 13.2. The Hall–Kier alpha value is -2.87. The summed E-state index contributed by atoms with van der Waals surface area (Å²) in [6.07, 6.45) is 1.75. The van der Waals surface area contributed by atoms with Gasteiger partial charge in [-0.25, -0.2) is 4.98 Å².